The molecule has 5 rings (SSSR count). The van der Waals surface area contributed by atoms with Crippen molar-refractivity contribution in [1.29, 1.82) is 0 Å². The molecule has 31 heavy (non-hydrogen) atoms. The van der Waals surface area contributed by atoms with Gasteiger partial charge in [0.25, 0.3) is 11.5 Å². The molecule has 2 atom stereocenters. The quantitative estimate of drug-likeness (QED) is 0.709. The third-order valence-corrected chi connectivity index (χ3v) is 6.13. The van der Waals surface area contributed by atoms with Gasteiger partial charge in [0, 0.05) is 55.5 Å². The van der Waals surface area contributed by atoms with E-state index in [1.807, 2.05) is 39.8 Å². The van der Waals surface area contributed by atoms with Crippen LogP contribution in [-0.2, 0) is 11.3 Å². The van der Waals surface area contributed by atoms with Crippen molar-refractivity contribution in [2.75, 3.05) is 18.4 Å². The van der Waals surface area contributed by atoms with E-state index in [1.165, 1.54) is 13.2 Å². The number of anilines is 1. The van der Waals surface area contributed by atoms with Crippen molar-refractivity contribution >= 4 is 17.5 Å². The van der Waals surface area contributed by atoms with Gasteiger partial charge in [0.15, 0.2) is 5.76 Å². The number of fused-ring (bicyclic) bond motifs is 4. The van der Waals surface area contributed by atoms with Crippen molar-refractivity contribution in [2.24, 2.45) is 5.92 Å². The van der Waals surface area contributed by atoms with Crippen molar-refractivity contribution < 1.29 is 14.0 Å². The summed E-state index contributed by atoms with van der Waals surface area (Å²) in [5.74, 6) is 0.434. The molecule has 0 aliphatic carbocycles. The SMILES string of the molecule is CC(=O)Nc1ccc(-c2ccc(=O)n3c2C2CC(CN(C(=O)c4ccco4)C2)C3)cc1. The highest BCUT2D eigenvalue weighted by Gasteiger charge is 2.38. The summed E-state index contributed by atoms with van der Waals surface area (Å²) >= 11 is 0. The number of hydrogen-bond acceptors (Lipinski definition) is 4. The topological polar surface area (TPSA) is 84.5 Å². The Morgan fingerprint density at radius 1 is 1.03 bits per heavy atom. The number of aromatic nitrogens is 1. The van der Waals surface area contributed by atoms with Gasteiger partial charge < -0.3 is 19.2 Å². The summed E-state index contributed by atoms with van der Waals surface area (Å²) in [4.78, 5) is 38.7. The van der Waals surface area contributed by atoms with E-state index in [0.717, 1.165) is 28.9 Å². The van der Waals surface area contributed by atoms with Crippen molar-refractivity contribution in [1.82, 2.24) is 9.47 Å². The maximum atomic E-state index is 12.9. The lowest BCUT2D eigenvalue weighted by Gasteiger charge is -2.43. The molecule has 4 heterocycles. The number of amides is 2. The summed E-state index contributed by atoms with van der Waals surface area (Å²) in [5, 5.41) is 2.77. The summed E-state index contributed by atoms with van der Waals surface area (Å²) in [5.41, 5.74) is 3.67. The number of nitrogens with one attached hydrogen (secondary N) is 1. The van der Waals surface area contributed by atoms with E-state index >= 15 is 0 Å². The number of benzene rings is 1. The zero-order valence-corrected chi connectivity index (χ0v) is 17.2. The average Bonchev–Trinajstić information content (AvgIpc) is 3.29. The van der Waals surface area contributed by atoms with Crippen LogP contribution in [0.3, 0.4) is 0 Å². The number of carbonyl (C=O) groups excluding carboxylic acids is 2. The van der Waals surface area contributed by atoms with Crippen LogP contribution < -0.4 is 10.9 Å². The van der Waals surface area contributed by atoms with E-state index in [4.69, 9.17) is 4.42 Å². The van der Waals surface area contributed by atoms with Crippen LogP contribution in [-0.4, -0.2) is 34.4 Å². The molecule has 7 nitrogen and oxygen atoms in total. The van der Waals surface area contributed by atoms with E-state index in [0.29, 0.717) is 25.4 Å². The van der Waals surface area contributed by atoms with Crippen LogP contribution in [0.4, 0.5) is 5.69 Å². The smallest absolute Gasteiger partial charge is 0.289 e. The van der Waals surface area contributed by atoms with Gasteiger partial charge in [-0.1, -0.05) is 12.1 Å². The van der Waals surface area contributed by atoms with E-state index < -0.39 is 0 Å². The van der Waals surface area contributed by atoms with E-state index in [1.54, 1.807) is 18.2 Å². The van der Waals surface area contributed by atoms with E-state index in [2.05, 4.69) is 5.32 Å². The highest BCUT2D eigenvalue weighted by Crippen LogP contribution is 2.40. The van der Waals surface area contributed by atoms with Gasteiger partial charge in [-0.2, -0.15) is 0 Å². The fraction of sp³-hybridized carbons (Fsp3) is 0.292. The molecule has 3 aromatic rings. The standard InChI is InChI=1S/C24H23N3O4/c1-15(28)25-19-6-4-17(5-7-19)20-8-9-22(29)27-13-16-11-18(23(20)27)14-26(12-16)24(30)21-3-2-10-31-21/h2-10,16,18H,11-14H2,1H3,(H,25,28). The molecule has 2 unspecified atom stereocenters. The van der Waals surface area contributed by atoms with Crippen LogP contribution in [0.25, 0.3) is 11.1 Å². The van der Waals surface area contributed by atoms with Crippen LogP contribution in [0.15, 0.2) is 64.0 Å². The second kappa shape index (κ2) is 7.58. The summed E-state index contributed by atoms with van der Waals surface area (Å²) < 4.78 is 7.19. The highest BCUT2D eigenvalue weighted by molar-refractivity contribution is 5.91. The summed E-state index contributed by atoms with van der Waals surface area (Å²) in [7, 11) is 0. The van der Waals surface area contributed by atoms with Crippen molar-refractivity contribution in [3.05, 3.63) is 76.6 Å². The Morgan fingerprint density at radius 2 is 1.84 bits per heavy atom. The number of nitrogens with zero attached hydrogens (tertiary/aromatic N) is 2. The van der Waals surface area contributed by atoms with Gasteiger partial charge in [0.05, 0.1) is 6.26 Å². The monoisotopic (exact) mass is 417 g/mol. The number of likely N-dealkylation sites (tertiary alicyclic amines) is 1. The molecule has 0 spiro atoms. The zero-order valence-electron chi connectivity index (χ0n) is 17.2. The van der Waals surface area contributed by atoms with Gasteiger partial charge >= 0.3 is 0 Å². The first-order valence-electron chi connectivity index (χ1n) is 10.4. The zero-order chi connectivity index (χ0) is 21.5. The molecular weight excluding hydrogens is 394 g/mol. The highest BCUT2D eigenvalue weighted by atomic mass is 16.3. The number of furan rings is 1. The van der Waals surface area contributed by atoms with Gasteiger partial charge in [-0.25, -0.2) is 0 Å². The third-order valence-electron chi connectivity index (χ3n) is 6.13. The maximum absolute atomic E-state index is 12.9. The Morgan fingerprint density at radius 3 is 2.55 bits per heavy atom. The molecule has 1 aromatic carbocycles. The molecule has 1 N–H and O–H groups in total. The van der Waals surface area contributed by atoms with Gasteiger partial charge in [-0.15, -0.1) is 0 Å². The first kappa shape index (κ1) is 19.4. The Bertz CT molecular complexity index is 1190. The number of rotatable bonds is 3. The summed E-state index contributed by atoms with van der Waals surface area (Å²) in [6, 6.07) is 14.5. The van der Waals surface area contributed by atoms with Gasteiger partial charge in [-0.3, -0.25) is 14.4 Å². The predicted molar refractivity (Wildman–Crippen MR) is 116 cm³/mol. The fourth-order valence-electron chi connectivity index (χ4n) is 4.92. The molecule has 2 amide bonds. The first-order chi connectivity index (χ1) is 15.0. The summed E-state index contributed by atoms with van der Waals surface area (Å²) in [6.45, 7) is 3.25. The van der Waals surface area contributed by atoms with Crippen LogP contribution in [0.2, 0.25) is 0 Å². The van der Waals surface area contributed by atoms with E-state index in [-0.39, 0.29) is 29.2 Å². The minimum Gasteiger partial charge on any atom is -0.459 e. The second-order valence-corrected chi connectivity index (χ2v) is 8.33. The number of hydrogen-bond donors (Lipinski definition) is 1. The lowest BCUT2D eigenvalue weighted by atomic mass is 9.80. The predicted octanol–water partition coefficient (Wildman–Crippen LogP) is 3.33. The molecule has 2 bridgehead atoms. The molecule has 1 fully saturated rings. The van der Waals surface area contributed by atoms with Crippen LogP contribution >= 0.6 is 0 Å². The first-order valence-corrected chi connectivity index (χ1v) is 10.4. The maximum Gasteiger partial charge on any atom is 0.289 e. The molecule has 158 valence electrons. The van der Waals surface area contributed by atoms with Gasteiger partial charge in [0.1, 0.15) is 0 Å². The lowest BCUT2D eigenvalue weighted by molar-refractivity contribution is -0.114. The molecule has 1 saturated heterocycles. The van der Waals surface area contributed by atoms with Crippen LogP contribution in [0.1, 0.15) is 35.5 Å². The summed E-state index contributed by atoms with van der Waals surface area (Å²) in [6.07, 6.45) is 2.46. The largest absolute Gasteiger partial charge is 0.459 e. The van der Waals surface area contributed by atoms with Crippen molar-refractivity contribution in [3.63, 3.8) is 0 Å². The average molecular weight is 417 g/mol. The normalized spacial score (nSPS) is 19.6. The van der Waals surface area contributed by atoms with Crippen LogP contribution in [0, 0.1) is 5.92 Å². The Labute approximate surface area is 179 Å². The molecule has 2 aromatic heterocycles. The lowest BCUT2D eigenvalue weighted by Crippen LogP contribution is -2.49. The molecule has 2 aliphatic heterocycles. The van der Waals surface area contributed by atoms with Crippen molar-refractivity contribution in [2.45, 2.75) is 25.8 Å². The van der Waals surface area contributed by atoms with Crippen molar-refractivity contribution in [3.8, 4) is 11.1 Å². The van der Waals surface area contributed by atoms with Gasteiger partial charge in [-0.05, 0) is 48.2 Å². The number of carbonyl (C=O) groups is 2. The number of pyridine rings is 1. The second-order valence-electron chi connectivity index (χ2n) is 8.33. The third kappa shape index (κ3) is 3.56. The molecular formula is C24H23N3O4. The van der Waals surface area contributed by atoms with Gasteiger partial charge in [0.2, 0.25) is 5.91 Å². The minimum atomic E-state index is -0.119. The molecule has 0 saturated carbocycles. The molecule has 2 aliphatic rings. The molecule has 0 radical (unpaired) electrons. The Balaban J connectivity index is 1.51. The fourth-order valence-corrected chi connectivity index (χ4v) is 4.92. The van der Waals surface area contributed by atoms with Crippen LogP contribution in [0.5, 0.6) is 0 Å². The minimum absolute atomic E-state index is 0.00544. The molecule has 7 heteroatoms. The number of piperidine rings is 1. The Hall–Kier alpha value is -3.61. The Kier molecular flexibility index (Phi) is 4.73. The van der Waals surface area contributed by atoms with E-state index in [9.17, 15) is 14.4 Å².